The molecule has 3 aromatic heterocycles. The second-order valence-corrected chi connectivity index (χ2v) is 11.9. The summed E-state index contributed by atoms with van der Waals surface area (Å²) in [6.07, 6.45) is 6.44. The molecule has 38 heavy (non-hydrogen) atoms. The Morgan fingerprint density at radius 2 is 1.95 bits per heavy atom. The maximum atomic E-state index is 14.0. The van der Waals surface area contributed by atoms with Crippen LogP contribution in [0.3, 0.4) is 0 Å². The average Bonchev–Trinajstić information content (AvgIpc) is 3.49. The highest BCUT2D eigenvalue weighted by Gasteiger charge is 2.37. The molecule has 1 aliphatic carbocycles. The highest BCUT2D eigenvalue weighted by atomic mass is 79.9. The molecule has 1 fully saturated rings. The lowest BCUT2D eigenvalue weighted by Gasteiger charge is -2.32. The molecule has 0 spiro atoms. The smallest absolute Gasteiger partial charge is 0.333 e. The van der Waals surface area contributed by atoms with Crippen LogP contribution in [0.5, 0.6) is 5.75 Å². The Morgan fingerprint density at radius 3 is 2.58 bits per heavy atom. The van der Waals surface area contributed by atoms with Gasteiger partial charge in [-0.05, 0) is 70.2 Å². The lowest BCUT2D eigenvalue weighted by atomic mass is 9.91. The van der Waals surface area contributed by atoms with E-state index in [1.54, 1.807) is 37.9 Å². The van der Waals surface area contributed by atoms with Gasteiger partial charge in [-0.3, -0.25) is 14.2 Å². The predicted molar refractivity (Wildman–Crippen MR) is 150 cm³/mol. The summed E-state index contributed by atoms with van der Waals surface area (Å²) in [5.74, 6) is 0.359. The van der Waals surface area contributed by atoms with Crippen LogP contribution in [0.15, 0.2) is 44.7 Å². The molecule has 1 amide bonds. The largest absolute Gasteiger partial charge is 0.496 e. The van der Waals surface area contributed by atoms with Gasteiger partial charge in [0.05, 0.1) is 24.9 Å². The van der Waals surface area contributed by atoms with Crippen LogP contribution in [-0.4, -0.2) is 43.2 Å². The van der Waals surface area contributed by atoms with Crippen LogP contribution < -0.4 is 21.3 Å². The van der Waals surface area contributed by atoms with Gasteiger partial charge in [0.2, 0.25) is 5.91 Å². The number of rotatable bonds is 8. The molecule has 0 atom stereocenters. The van der Waals surface area contributed by atoms with Crippen LogP contribution in [0.1, 0.15) is 44.2 Å². The Labute approximate surface area is 231 Å². The van der Waals surface area contributed by atoms with E-state index in [4.69, 9.17) is 4.74 Å². The molecule has 0 unspecified atom stereocenters. The Morgan fingerprint density at radius 1 is 1.24 bits per heavy atom. The van der Waals surface area contributed by atoms with Gasteiger partial charge < -0.3 is 10.1 Å². The Bertz CT molecular complexity index is 1630. The summed E-state index contributed by atoms with van der Waals surface area (Å²) in [4.78, 5) is 43.3. The van der Waals surface area contributed by atoms with Gasteiger partial charge in [0, 0.05) is 22.6 Å². The maximum Gasteiger partial charge on any atom is 0.333 e. The lowest BCUT2D eigenvalue weighted by molar-refractivity contribution is -0.130. The van der Waals surface area contributed by atoms with Crippen molar-refractivity contribution < 1.29 is 9.53 Å². The van der Waals surface area contributed by atoms with Crippen molar-refractivity contribution in [2.45, 2.75) is 64.6 Å². The molecule has 1 N–H and O–H groups in total. The molecule has 1 aromatic carbocycles. The molecule has 10 nitrogen and oxygen atoms in total. The van der Waals surface area contributed by atoms with E-state index in [-0.39, 0.29) is 18.5 Å². The first-order valence-electron chi connectivity index (χ1n) is 12.4. The third kappa shape index (κ3) is 4.49. The molecule has 0 radical (unpaired) electrons. The third-order valence-corrected chi connectivity index (χ3v) is 8.96. The number of hydrogen-bond donors (Lipinski definition) is 1. The average molecular weight is 602 g/mol. The van der Waals surface area contributed by atoms with E-state index < -0.39 is 16.8 Å². The number of thiophene rings is 1. The molecular weight excluding hydrogens is 572 g/mol. The van der Waals surface area contributed by atoms with Crippen LogP contribution in [0.4, 0.5) is 0 Å². The van der Waals surface area contributed by atoms with Crippen LogP contribution in [0, 0.1) is 6.92 Å². The SMILES string of the molecule is COc1ccc(Br)cc1CCn1c(=O)n(C(C)(C)C(=O)NC2CCC2)c(=O)c2c(C)c(-n3nccn3)sc21. The third-order valence-electron chi connectivity index (χ3n) is 7.19. The summed E-state index contributed by atoms with van der Waals surface area (Å²) < 4.78 is 9.10. The first-order valence-corrected chi connectivity index (χ1v) is 14.0. The lowest BCUT2D eigenvalue weighted by Crippen LogP contribution is -2.57. The number of hydrogen-bond acceptors (Lipinski definition) is 7. The number of fused-ring (bicyclic) bond motifs is 1. The minimum Gasteiger partial charge on any atom is -0.496 e. The van der Waals surface area contributed by atoms with Crippen molar-refractivity contribution in [3.8, 4) is 10.8 Å². The number of benzene rings is 1. The molecule has 0 aliphatic heterocycles. The Balaban J connectivity index is 1.69. The second kappa shape index (κ2) is 10.1. The number of carbonyl (C=O) groups is 1. The van der Waals surface area contributed by atoms with E-state index in [9.17, 15) is 14.4 Å². The number of ether oxygens (including phenoxy) is 1. The topological polar surface area (TPSA) is 113 Å². The van der Waals surface area contributed by atoms with Crippen molar-refractivity contribution in [2.24, 2.45) is 0 Å². The quantitative estimate of drug-likeness (QED) is 0.331. The zero-order chi connectivity index (χ0) is 27.2. The fourth-order valence-corrected chi connectivity index (χ4v) is 6.37. The van der Waals surface area contributed by atoms with Gasteiger partial charge in [-0.1, -0.05) is 27.3 Å². The summed E-state index contributed by atoms with van der Waals surface area (Å²) in [6, 6.07) is 5.78. The number of nitrogens with one attached hydrogen (secondary N) is 1. The summed E-state index contributed by atoms with van der Waals surface area (Å²) >= 11 is 4.79. The number of carbonyl (C=O) groups excluding carboxylic acids is 1. The van der Waals surface area contributed by atoms with Crippen molar-refractivity contribution in [3.63, 3.8) is 0 Å². The summed E-state index contributed by atoms with van der Waals surface area (Å²) in [7, 11) is 1.60. The van der Waals surface area contributed by atoms with Crippen LogP contribution >= 0.6 is 27.3 Å². The molecule has 200 valence electrons. The van der Waals surface area contributed by atoms with Crippen molar-refractivity contribution in [1.29, 1.82) is 0 Å². The number of amides is 1. The van der Waals surface area contributed by atoms with Crippen LogP contribution in [0.25, 0.3) is 15.2 Å². The highest BCUT2D eigenvalue weighted by Crippen LogP contribution is 2.32. The fraction of sp³-hybridized carbons (Fsp3) is 0.423. The van der Waals surface area contributed by atoms with E-state index in [2.05, 4.69) is 31.4 Å². The number of aryl methyl sites for hydroxylation is 3. The molecule has 1 aliphatic rings. The number of halogens is 1. The van der Waals surface area contributed by atoms with E-state index in [0.29, 0.717) is 33.0 Å². The van der Waals surface area contributed by atoms with Gasteiger partial charge in [0.1, 0.15) is 21.1 Å². The predicted octanol–water partition coefficient (Wildman–Crippen LogP) is 3.53. The van der Waals surface area contributed by atoms with Gasteiger partial charge in [-0.25, -0.2) is 9.36 Å². The monoisotopic (exact) mass is 600 g/mol. The minimum absolute atomic E-state index is 0.0767. The van der Waals surface area contributed by atoms with Crippen LogP contribution in [0.2, 0.25) is 0 Å². The van der Waals surface area contributed by atoms with Crippen molar-refractivity contribution in [3.05, 3.63) is 67.0 Å². The second-order valence-electron chi connectivity index (χ2n) is 9.97. The van der Waals surface area contributed by atoms with Crippen LogP contribution in [-0.2, 0) is 23.3 Å². The molecule has 4 aromatic rings. The van der Waals surface area contributed by atoms with Gasteiger partial charge in [-0.2, -0.15) is 10.2 Å². The van der Waals surface area contributed by atoms with Crippen molar-refractivity contribution in [2.75, 3.05) is 7.11 Å². The Kier molecular flexibility index (Phi) is 7.03. The number of aromatic nitrogens is 5. The van der Waals surface area contributed by atoms with E-state index in [1.807, 2.05) is 25.1 Å². The summed E-state index contributed by atoms with van der Waals surface area (Å²) in [5, 5.41) is 12.5. The first-order chi connectivity index (χ1) is 18.1. The molecule has 3 heterocycles. The zero-order valence-electron chi connectivity index (χ0n) is 21.7. The van der Waals surface area contributed by atoms with Gasteiger partial charge in [-0.15, -0.1) is 4.80 Å². The van der Waals surface area contributed by atoms with Gasteiger partial charge >= 0.3 is 5.69 Å². The van der Waals surface area contributed by atoms with Crippen molar-refractivity contribution >= 4 is 43.4 Å². The highest BCUT2D eigenvalue weighted by molar-refractivity contribution is 9.10. The Hall–Kier alpha value is -3.25. The van der Waals surface area contributed by atoms with Crippen molar-refractivity contribution in [1.82, 2.24) is 29.4 Å². The van der Waals surface area contributed by atoms with Gasteiger partial charge in [0.25, 0.3) is 5.56 Å². The summed E-state index contributed by atoms with van der Waals surface area (Å²) in [6.45, 7) is 5.33. The molecule has 0 saturated heterocycles. The summed E-state index contributed by atoms with van der Waals surface area (Å²) in [5.41, 5.74) is -0.868. The first kappa shape index (κ1) is 26.4. The van der Waals surface area contributed by atoms with E-state index in [1.165, 1.54) is 16.1 Å². The molecular formula is C26H29BrN6O4S. The molecule has 0 bridgehead atoms. The number of nitrogens with zero attached hydrogens (tertiary/aromatic N) is 5. The normalized spacial score (nSPS) is 14.0. The van der Waals surface area contributed by atoms with E-state index in [0.717, 1.165) is 33.9 Å². The maximum absolute atomic E-state index is 14.0. The number of methoxy groups -OCH3 is 1. The molecule has 1 saturated carbocycles. The van der Waals surface area contributed by atoms with Gasteiger partial charge in [0.15, 0.2) is 0 Å². The fourth-order valence-electron chi connectivity index (χ4n) is 4.73. The zero-order valence-corrected chi connectivity index (χ0v) is 24.1. The standard InChI is InChI=1S/C26H29BrN6O4S/c1-15-20-21(34)32(26(2,3)24(35)30-18-6-5-7-18)25(36)31(23(20)38-22(15)33-28-11-12-29-33)13-10-16-14-17(27)8-9-19(16)37-4/h8-9,11-12,14,18H,5-7,10,13H2,1-4H3,(H,30,35). The van der Waals surface area contributed by atoms with E-state index >= 15 is 0 Å². The molecule has 12 heteroatoms. The minimum atomic E-state index is -1.40. The molecule has 5 rings (SSSR count).